The lowest BCUT2D eigenvalue weighted by molar-refractivity contribution is 0.328. The van der Waals surface area contributed by atoms with Gasteiger partial charge in [-0.05, 0) is 37.1 Å². The Morgan fingerprint density at radius 3 is 2.00 bits per heavy atom. The summed E-state index contributed by atoms with van der Waals surface area (Å²) >= 11 is 0. The van der Waals surface area contributed by atoms with Gasteiger partial charge in [-0.15, -0.1) is 0 Å². The summed E-state index contributed by atoms with van der Waals surface area (Å²) in [7, 11) is 1.64. The van der Waals surface area contributed by atoms with Gasteiger partial charge in [0.15, 0.2) is 5.75 Å². The minimum Gasteiger partial charge on any atom is -0.497 e. The number of methoxy groups -OCH3 is 1. The summed E-state index contributed by atoms with van der Waals surface area (Å²) in [6.07, 6.45) is 0. The number of ether oxygens (including phenoxy) is 1. The predicted molar refractivity (Wildman–Crippen MR) is 47.3 cm³/mol. The van der Waals surface area contributed by atoms with Crippen LogP contribution in [0.2, 0.25) is 0 Å². The molecule has 0 aromatic heterocycles. The third-order valence-corrected chi connectivity index (χ3v) is 1.79. The van der Waals surface area contributed by atoms with Gasteiger partial charge >= 0.3 is 0 Å². The first-order chi connectivity index (χ1) is 5.69. The summed E-state index contributed by atoms with van der Waals surface area (Å²) in [6.45, 7) is 3.86. The molecule has 0 aliphatic carbocycles. The highest BCUT2D eigenvalue weighted by molar-refractivity contribution is 5.45. The molecule has 0 radical (unpaired) electrons. The van der Waals surface area contributed by atoms with E-state index in [1.807, 2.05) is 26.0 Å². The summed E-state index contributed by atoms with van der Waals surface area (Å²) in [6, 6.07) is 3.77. The van der Waals surface area contributed by atoms with Gasteiger partial charge in [-0.2, -0.15) is 5.90 Å². The summed E-state index contributed by atoms with van der Waals surface area (Å²) in [5, 5.41) is 0. The minimum atomic E-state index is 0.718. The van der Waals surface area contributed by atoms with Crippen molar-refractivity contribution in [1.29, 1.82) is 0 Å². The van der Waals surface area contributed by atoms with Gasteiger partial charge in [0.25, 0.3) is 0 Å². The van der Waals surface area contributed by atoms with Crippen LogP contribution >= 0.6 is 0 Å². The molecule has 2 N–H and O–H groups in total. The lowest BCUT2D eigenvalue weighted by Gasteiger charge is -2.09. The molecule has 3 heteroatoms. The molecule has 1 aromatic rings. The zero-order chi connectivity index (χ0) is 9.14. The summed E-state index contributed by atoms with van der Waals surface area (Å²) in [4.78, 5) is 4.72. The van der Waals surface area contributed by atoms with E-state index in [1.165, 1.54) is 0 Å². The lowest BCUT2D eigenvalue weighted by atomic mass is 10.1. The Morgan fingerprint density at radius 2 is 1.67 bits per heavy atom. The van der Waals surface area contributed by atoms with E-state index in [-0.39, 0.29) is 0 Å². The van der Waals surface area contributed by atoms with Crippen molar-refractivity contribution >= 4 is 0 Å². The van der Waals surface area contributed by atoms with Crippen molar-refractivity contribution in [3.63, 3.8) is 0 Å². The molecule has 0 amide bonds. The Kier molecular flexibility index (Phi) is 2.55. The molecule has 0 atom stereocenters. The summed E-state index contributed by atoms with van der Waals surface area (Å²) in [5.41, 5.74) is 1.96. The highest BCUT2D eigenvalue weighted by Crippen LogP contribution is 2.26. The zero-order valence-corrected chi connectivity index (χ0v) is 7.55. The third-order valence-electron chi connectivity index (χ3n) is 1.79. The van der Waals surface area contributed by atoms with Crippen molar-refractivity contribution in [2.24, 2.45) is 5.90 Å². The molecule has 66 valence electrons. The van der Waals surface area contributed by atoms with Crippen LogP contribution in [0.3, 0.4) is 0 Å². The van der Waals surface area contributed by atoms with E-state index in [4.69, 9.17) is 15.5 Å². The lowest BCUT2D eigenvalue weighted by Crippen LogP contribution is -2.05. The molecule has 0 bridgehead atoms. The first-order valence-electron chi connectivity index (χ1n) is 3.71. The van der Waals surface area contributed by atoms with Crippen LogP contribution in [-0.2, 0) is 0 Å². The van der Waals surface area contributed by atoms with E-state index in [0.717, 1.165) is 22.6 Å². The van der Waals surface area contributed by atoms with Crippen LogP contribution in [-0.4, -0.2) is 7.11 Å². The van der Waals surface area contributed by atoms with E-state index in [2.05, 4.69) is 0 Å². The maximum absolute atomic E-state index is 5.10. The fraction of sp³-hybridized carbons (Fsp3) is 0.333. The van der Waals surface area contributed by atoms with Crippen LogP contribution < -0.4 is 15.5 Å². The first kappa shape index (κ1) is 8.87. The van der Waals surface area contributed by atoms with Crippen molar-refractivity contribution in [2.75, 3.05) is 7.11 Å². The maximum Gasteiger partial charge on any atom is 0.152 e. The standard InChI is InChI=1S/C9H13NO2/c1-6-4-8(11-3)5-7(2)9(6)12-10/h4-5H,10H2,1-3H3. The highest BCUT2D eigenvalue weighted by Gasteiger charge is 2.05. The topological polar surface area (TPSA) is 44.5 Å². The smallest absolute Gasteiger partial charge is 0.152 e. The third kappa shape index (κ3) is 1.51. The highest BCUT2D eigenvalue weighted by atomic mass is 16.6. The van der Waals surface area contributed by atoms with Gasteiger partial charge in [0.2, 0.25) is 0 Å². The van der Waals surface area contributed by atoms with E-state index < -0.39 is 0 Å². The van der Waals surface area contributed by atoms with Crippen LogP contribution in [0.15, 0.2) is 12.1 Å². The summed E-state index contributed by atoms with van der Waals surface area (Å²) < 4.78 is 5.08. The largest absolute Gasteiger partial charge is 0.497 e. The molecule has 0 heterocycles. The zero-order valence-electron chi connectivity index (χ0n) is 7.55. The molecule has 1 rings (SSSR count). The Labute approximate surface area is 72.0 Å². The number of aryl methyl sites for hydroxylation is 2. The van der Waals surface area contributed by atoms with Gasteiger partial charge in [-0.3, -0.25) is 0 Å². The number of rotatable bonds is 2. The first-order valence-corrected chi connectivity index (χ1v) is 3.71. The fourth-order valence-electron chi connectivity index (χ4n) is 1.21. The van der Waals surface area contributed by atoms with Crippen molar-refractivity contribution in [1.82, 2.24) is 0 Å². The second-order valence-corrected chi connectivity index (χ2v) is 2.71. The van der Waals surface area contributed by atoms with E-state index in [1.54, 1.807) is 7.11 Å². The van der Waals surface area contributed by atoms with E-state index >= 15 is 0 Å². The van der Waals surface area contributed by atoms with Gasteiger partial charge in [0.05, 0.1) is 7.11 Å². The molecule has 3 nitrogen and oxygen atoms in total. The quantitative estimate of drug-likeness (QED) is 0.680. The van der Waals surface area contributed by atoms with Crippen LogP contribution in [0.4, 0.5) is 0 Å². The molecule has 0 unspecified atom stereocenters. The molecule has 0 aliphatic heterocycles. The fourth-order valence-corrected chi connectivity index (χ4v) is 1.21. The molecule has 12 heavy (non-hydrogen) atoms. The molecule has 0 saturated heterocycles. The Balaban J connectivity index is 3.18. The Bertz CT molecular complexity index is 261. The summed E-state index contributed by atoms with van der Waals surface area (Å²) in [5.74, 6) is 6.65. The van der Waals surface area contributed by atoms with E-state index in [9.17, 15) is 0 Å². The number of benzene rings is 1. The predicted octanol–water partition coefficient (Wildman–Crippen LogP) is 1.56. The molecule has 0 spiro atoms. The average Bonchev–Trinajstić information content (AvgIpc) is 2.03. The van der Waals surface area contributed by atoms with Gasteiger partial charge < -0.3 is 9.57 Å². The van der Waals surface area contributed by atoms with Crippen molar-refractivity contribution in [3.05, 3.63) is 23.3 Å². The second kappa shape index (κ2) is 3.45. The molecular weight excluding hydrogens is 154 g/mol. The molecule has 0 aliphatic rings. The van der Waals surface area contributed by atoms with Gasteiger partial charge in [-0.25, -0.2) is 0 Å². The van der Waals surface area contributed by atoms with Crippen LogP contribution in [0.5, 0.6) is 11.5 Å². The van der Waals surface area contributed by atoms with Gasteiger partial charge in [0, 0.05) is 0 Å². The maximum atomic E-state index is 5.10. The normalized spacial score (nSPS) is 9.67. The molecular formula is C9H13NO2. The molecule has 0 saturated carbocycles. The number of hydrogen-bond acceptors (Lipinski definition) is 3. The molecule has 1 aromatic carbocycles. The van der Waals surface area contributed by atoms with Crippen molar-refractivity contribution in [2.45, 2.75) is 13.8 Å². The van der Waals surface area contributed by atoms with Crippen LogP contribution in [0, 0.1) is 13.8 Å². The second-order valence-electron chi connectivity index (χ2n) is 2.71. The minimum absolute atomic E-state index is 0.718. The van der Waals surface area contributed by atoms with Crippen molar-refractivity contribution < 1.29 is 9.57 Å². The van der Waals surface area contributed by atoms with Crippen molar-refractivity contribution in [3.8, 4) is 11.5 Å². The van der Waals surface area contributed by atoms with Gasteiger partial charge in [-0.1, -0.05) is 0 Å². The monoisotopic (exact) mass is 167 g/mol. The number of nitrogens with two attached hydrogens (primary N) is 1. The molecule has 0 fully saturated rings. The number of hydrogen-bond donors (Lipinski definition) is 1. The Morgan fingerprint density at radius 1 is 1.17 bits per heavy atom. The van der Waals surface area contributed by atoms with Gasteiger partial charge in [0.1, 0.15) is 5.75 Å². The van der Waals surface area contributed by atoms with Crippen LogP contribution in [0.25, 0.3) is 0 Å². The average molecular weight is 167 g/mol. The van der Waals surface area contributed by atoms with Crippen LogP contribution in [0.1, 0.15) is 11.1 Å². The Hall–Kier alpha value is -1.22. The SMILES string of the molecule is COc1cc(C)c(ON)c(C)c1. The van der Waals surface area contributed by atoms with E-state index in [0.29, 0.717) is 0 Å².